The lowest BCUT2D eigenvalue weighted by Crippen LogP contribution is -2.43. The van der Waals surface area contributed by atoms with Crippen LogP contribution in [0.5, 0.6) is 0 Å². The number of hydrogen-bond acceptors (Lipinski definition) is 24. The van der Waals surface area contributed by atoms with Gasteiger partial charge in [0.2, 0.25) is 0 Å². The van der Waals surface area contributed by atoms with E-state index in [0.717, 1.165) is 65.8 Å². The Morgan fingerprint density at radius 3 is 0.971 bits per heavy atom. The Hall–Kier alpha value is -5.75. The van der Waals surface area contributed by atoms with E-state index >= 15 is 0 Å². The van der Waals surface area contributed by atoms with Gasteiger partial charge in [-0.3, -0.25) is 12.5 Å². The van der Waals surface area contributed by atoms with Crippen LogP contribution in [-0.4, -0.2) is 206 Å². The molecule has 0 N–H and O–H groups in total. The molecular formula is C38H54B2N3O24S3+. The number of likely N-dealkylation sites (tertiary alicyclic amines) is 3. The van der Waals surface area contributed by atoms with Gasteiger partial charge in [0.05, 0.1) is 65.7 Å². The molecule has 7 rings (SSSR count). The van der Waals surface area contributed by atoms with Gasteiger partial charge in [0.1, 0.15) is 51.0 Å². The lowest BCUT2D eigenvalue weighted by Gasteiger charge is -2.28. The van der Waals surface area contributed by atoms with Gasteiger partial charge < -0.3 is 50.7 Å². The number of carbonyl (C=O) groups excluding carboxylic acids is 7. The minimum absolute atomic E-state index is 0.184. The molecule has 0 aromatic heterocycles. The summed E-state index contributed by atoms with van der Waals surface area (Å²) in [7, 11) is -4.34. The number of carbonyl (C=O) groups is 7. The fourth-order valence-electron chi connectivity index (χ4n) is 7.21. The van der Waals surface area contributed by atoms with Crippen LogP contribution in [0.2, 0.25) is 0 Å². The summed E-state index contributed by atoms with van der Waals surface area (Å²) in [5.74, 6) is -5.83. The van der Waals surface area contributed by atoms with Crippen molar-refractivity contribution < 1.29 is 122 Å². The largest absolute Gasteiger partial charge is 0.786 e. The Labute approximate surface area is 405 Å². The third-order valence-electron chi connectivity index (χ3n) is 11.0. The van der Waals surface area contributed by atoms with E-state index in [9.17, 15) is 58.8 Å². The molecule has 0 unspecified atom stereocenters. The van der Waals surface area contributed by atoms with Gasteiger partial charge in [0, 0.05) is 38.5 Å². The summed E-state index contributed by atoms with van der Waals surface area (Å²) in [5.41, 5.74) is 0. The third-order valence-corrected chi connectivity index (χ3v) is 13.9. The molecule has 0 amide bonds. The van der Waals surface area contributed by atoms with Crippen molar-refractivity contribution in [3.63, 3.8) is 0 Å². The average Bonchev–Trinajstić information content (AvgIpc) is 4.14. The Bertz CT molecular complexity index is 2220. The number of terminal acetylenes is 3. The molecule has 0 aliphatic carbocycles. The number of nitrogens with zero attached hydrogens (tertiary/aromatic N) is 3. The standard InChI is InChI=1S/2C10H18NO3S.C9H16NO3S.C5H2BO7.C4BO8/c2*1-3-10-15(12,13)14-9-8-11(2)6-4-5-7-11;1-3-14(11,12)13-9-8-10(2)6-4-5-7-10;1-2-3(7)11-6(10-2)12-4(8)5(9)13-6;6-1-2(7)11-5(10-1)12-3(8)4(9)13-5/h2*1H,4-10H2,2H3;1H,4-9H2,2H3;1H2;/q3*+1;2*-1. The van der Waals surface area contributed by atoms with Crippen molar-refractivity contribution in [3.05, 3.63) is 12.3 Å². The second-order valence-electron chi connectivity index (χ2n) is 16.9. The van der Waals surface area contributed by atoms with E-state index < -0.39 is 86.1 Å². The van der Waals surface area contributed by atoms with Gasteiger partial charge in [-0.2, -0.15) is 25.3 Å². The van der Waals surface area contributed by atoms with Crippen molar-refractivity contribution in [1.82, 2.24) is 0 Å². The molecule has 388 valence electrons. The molecule has 7 aliphatic rings. The molecule has 2 spiro atoms. The number of quaternary nitrogens is 3. The maximum atomic E-state index is 11.1. The molecule has 0 atom stereocenters. The maximum absolute atomic E-state index is 11.1. The molecule has 27 nitrogen and oxygen atoms in total. The Balaban J connectivity index is 0.000000232. The van der Waals surface area contributed by atoms with Gasteiger partial charge >= 0.3 is 65.8 Å². The molecule has 7 heterocycles. The van der Waals surface area contributed by atoms with Crippen molar-refractivity contribution in [2.45, 2.75) is 38.5 Å². The predicted molar refractivity (Wildman–Crippen MR) is 235 cm³/mol. The lowest BCUT2D eigenvalue weighted by atomic mass is 10.1. The first-order valence-corrected chi connectivity index (χ1v) is 25.8. The van der Waals surface area contributed by atoms with Crippen LogP contribution in [0, 0.1) is 36.4 Å². The van der Waals surface area contributed by atoms with Gasteiger partial charge in [0.25, 0.3) is 20.2 Å². The van der Waals surface area contributed by atoms with Crippen molar-refractivity contribution in [2.24, 2.45) is 0 Å². The van der Waals surface area contributed by atoms with Gasteiger partial charge in [-0.1, -0.05) is 18.4 Å². The highest BCUT2D eigenvalue weighted by Gasteiger charge is 2.61. The van der Waals surface area contributed by atoms with E-state index in [1.165, 1.54) is 38.5 Å². The van der Waals surface area contributed by atoms with Gasteiger partial charge in [0.15, 0.2) is 5.76 Å². The lowest BCUT2D eigenvalue weighted by molar-refractivity contribution is -0.897. The summed E-state index contributed by atoms with van der Waals surface area (Å²) in [5, 5.41) is 1.62. The zero-order valence-corrected chi connectivity index (χ0v) is 41.0. The van der Waals surface area contributed by atoms with Crippen LogP contribution >= 0.6 is 0 Å². The summed E-state index contributed by atoms with van der Waals surface area (Å²) < 4.78 is 117. The normalized spacial score (nSPS) is 21.6. The summed E-state index contributed by atoms with van der Waals surface area (Å²) in [4.78, 5) is 73.8. The second kappa shape index (κ2) is 24.4. The molecule has 0 saturated carbocycles. The minimum atomic E-state index is -3.72. The van der Waals surface area contributed by atoms with Crippen LogP contribution in [0.25, 0.3) is 0 Å². The molecular weight excluding hydrogens is 1000 g/mol. The van der Waals surface area contributed by atoms with E-state index in [0.29, 0.717) is 6.54 Å². The van der Waals surface area contributed by atoms with E-state index in [1.54, 1.807) is 5.25 Å². The van der Waals surface area contributed by atoms with Gasteiger partial charge in [-0.25, -0.2) is 33.6 Å². The molecule has 0 aromatic carbocycles. The fourth-order valence-corrected chi connectivity index (χ4v) is 8.80. The Kier molecular flexibility index (Phi) is 20.4. The third kappa shape index (κ3) is 18.5. The summed E-state index contributed by atoms with van der Waals surface area (Å²) in [6.45, 7) is 6.28. The van der Waals surface area contributed by atoms with E-state index in [-0.39, 0.29) is 37.1 Å². The van der Waals surface area contributed by atoms with Crippen molar-refractivity contribution in [1.29, 1.82) is 0 Å². The highest BCUT2D eigenvalue weighted by Crippen LogP contribution is 2.29. The first-order valence-electron chi connectivity index (χ1n) is 21.2. The van der Waals surface area contributed by atoms with Crippen LogP contribution in [0.3, 0.4) is 0 Å². The molecule has 0 radical (unpaired) electrons. The highest BCUT2D eigenvalue weighted by atomic mass is 32.2. The molecule has 32 heteroatoms. The molecule has 7 aliphatic heterocycles. The number of likely N-dealkylation sites (N-methyl/N-ethyl adjacent to an activating group) is 3. The smallest absolute Gasteiger partial charge is 0.606 e. The summed E-state index contributed by atoms with van der Waals surface area (Å²) in [6, 6.07) is 0. The molecule has 70 heavy (non-hydrogen) atoms. The molecule has 0 bridgehead atoms. The fraction of sp³-hybridized carbons (Fsp3) is 0.605. The SMILES string of the molecule is C#CCS(=O)(=O)OCC[N+]1(C)CCCC1.C#CCS(=O)(=O)OCC[N+]1(C)CCCC1.C#CS(=O)(=O)OCC[N+]1(C)CCCC1.C=C1O[B-]2(OC1=O)OC(=O)C(=O)O2.O=C1O[B-]2(OC1=O)OC(=O)C(=O)O2. The Morgan fingerprint density at radius 1 is 0.471 bits per heavy atom. The monoisotopic (exact) mass is 1050 g/mol. The molecule has 0 aromatic rings. The number of hydrogen-bond donors (Lipinski definition) is 0. The van der Waals surface area contributed by atoms with E-state index in [4.69, 9.17) is 27.6 Å². The average molecular weight is 1050 g/mol. The van der Waals surface area contributed by atoms with Crippen LogP contribution in [0.4, 0.5) is 0 Å². The highest BCUT2D eigenvalue weighted by molar-refractivity contribution is 7.91. The minimum Gasteiger partial charge on any atom is -0.606 e. The van der Waals surface area contributed by atoms with Crippen molar-refractivity contribution >= 4 is 86.1 Å². The van der Waals surface area contributed by atoms with Crippen LogP contribution in [0.1, 0.15) is 38.5 Å². The molecule has 7 saturated heterocycles. The van der Waals surface area contributed by atoms with Crippen LogP contribution < -0.4 is 0 Å². The number of rotatable bonds is 14. The topological polar surface area (TPSA) is 323 Å². The predicted octanol–water partition coefficient (Wildman–Crippen LogP) is -3.19. The second-order valence-corrected chi connectivity index (χ2v) is 21.5. The molecule has 7 fully saturated rings. The van der Waals surface area contributed by atoms with Crippen molar-refractivity contribution in [3.8, 4) is 36.4 Å². The summed E-state index contributed by atoms with van der Waals surface area (Å²) in [6.07, 6.45) is 21.9. The van der Waals surface area contributed by atoms with E-state index in [2.05, 4.69) is 81.0 Å². The van der Waals surface area contributed by atoms with Gasteiger partial charge in [-0.15, -0.1) is 19.3 Å². The zero-order valence-electron chi connectivity index (χ0n) is 38.6. The van der Waals surface area contributed by atoms with Crippen LogP contribution in [0.15, 0.2) is 12.3 Å². The van der Waals surface area contributed by atoms with Crippen molar-refractivity contribution in [2.75, 3.05) is 111 Å². The quantitative estimate of drug-likeness (QED) is 0.0413. The maximum Gasteiger partial charge on any atom is 0.786 e. The Morgan fingerprint density at radius 2 is 0.729 bits per heavy atom. The van der Waals surface area contributed by atoms with Crippen LogP contribution in [-0.2, 0) is 114 Å². The first kappa shape index (κ1) is 58.6. The first-order chi connectivity index (χ1) is 32.5. The van der Waals surface area contributed by atoms with Gasteiger partial charge in [-0.05, 0) is 0 Å². The van der Waals surface area contributed by atoms with E-state index in [1.807, 2.05) is 0 Å². The summed E-state index contributed by atoms with van der Waals surface area (Å²) >= 11 is 0. The zero-order chi connectivity index (χ0) is 52.7.